The van der Waals surface area contributed by atoms with Crippen LogP contribution in [0.25, 0.3) is 11.0 Å². The number of fused-ring (bicyclic) bond motifs is 1. The van der Waals surface area contributed by atoms with E-state index in [1.807, 2.05) is 63.2 Å². The third-order valence-corrected chi connectivity index (χ3v) is 4.50. The van der Waals surface area contributed by atoms with Crippen molar-refractivity contribution in [3.05, 3.63) is 104 Å². The lowest BCUT2D eigenvalue weighted by Gasteiger charge is -1.94. The lowest BCUT2D eigenvalue weighted by atomic mass is 10.2. The van der Waals surface area contributed by atoms with E-state index in [1.54, 1.807) is 18.2 Å². The highest BCUT2D eigenvalue weighted by atomic mass is 35.5. The summed E-state index contributed by atoms with van der Waals surface area (Å²) in [5.41, 5.74) is 4.27. The molecule has 0 saturated heterocycles. The highest BCUT2D eigenvalue weighted by Crippen LogP contribution is 2.19. The molecule has 0 aliphatic carbocycles. The summed E-state index contributed by atoms with van der Waals surface area (Å²) in [5.74, 6) is 0.973. The molecule has 0 unspecified atom stereocenters. The molecule has 0 spiro atoms. The van der Waals surface area contributed by atoms with Crippen LogP contribution in [-0.2, 0) is 0 Å². The van der Waals surface area contributed by atoms with Crippen LogP contribution in [-0.4, -0.2) is 14.9 Å². The molecule has 3 aromatic carbocycles. The molecule has 4 rings (SSSR count). The molecule has 0 amide bonds. The Bertz CT molecular complexity index is 1080. The van der Waals surface area contributed by atoms with Gasteiger partial charge in [-0.15, -0.1) is 0 Å². The molecule has 1 N–H and O–H groups in total. The zero-order valence-electron chi connectivity index (χ0n) is 16.3. The first-order valence-electron chi connectivity index (χ1n) is 8.80. The van der Waals surface area contributed by atoms with Crippen molar-refractivity contribution < 1.29 is 4.92 Å². The number of imidazole rings is 1. The maximum atomic E-state index is 10.2. The zero-order chi connectivity index (χ0) is 21.4. The average molecular weight is 430 g/mol. The van der Waals surface area contributed by atoms with E-state index in [0.29, 0.717) is 5.02 Å². The molecule has 1 aromatic heterocycles. The molecule has 0 bridgehead atoms. The van der Waals surface area contributed by atoms with E-state index in [-0.39, 0.29) is 5.69 Å². The van der Waals surface area contributed by atoms with Crippen LogP contribution < -0.4 is 0 Å². The van der Waals surface area contributed by atoms with Crippen LogP contribution in [0.2, 0.25) is 10.0 Å². The largest absolute Gasteiger partial charge is 0.342 e. The minimum Gasteiger partial charge on any atom is -0.342 e. The van der Waals surface area contributed by atoms with Gasteiger partial charge in [-0.2, -0.15) is 0 Å². The number of hydrogen-bond acceptors (Lipinski definition) is 3. The number of H-pyrrole nitrogens is 1. The molecule has 29 heavy (non-hydrogen) atoms. The molecular formula is C22H21Cl2N3O2. The van der Waals surface area contributed by atoms with Crippen molar-refractivity contribution in [1.29, 1.82) is 0 Å². The summed E-state index contributed by atoms with van der Waals surface area (Å²) in [6.07, 6.45) is 0. The Morgan fingerprint density at radius 3 is 2.21 bits per heavy atom. The van der Waals surface area contributed by atoms with E-state index in [2.05, 4.69) is 9.97 Å². The van der Waals surface area contributed by atoms with E-state index < -0.39 is 4.92 Å². The van der Waals surface area contributed by atoms with E-state index in [1.165, 1.54) is 6.07 Å². The summed E-state index contributed by atoms with van der Waals surface area (Å²) in [5, 5.41) is 11.6. The summed E-state index contributed by atoms with van der Waals surface area (Å²) < 4.78 is 0. The minimum absolute atomic E-state index is 0.153. The topological polar surface area (TPSA) is 71.8 Å². The van der Waals surface area contributed by atoms with Crippen LogP contribution in [0.3, 0.4) is 0 Å². The number of non-ortho nitro benzene ring substituents is 1. The van der Waals surface area contributed by atoms with Gasteiger partial charge in [-0.1, -0.05) is 53.5 Å². The summed E-state index contributed by atoms with van der Waals surface area (Å²) in [6.45, 7) is 5.73. The lowest BCUT2D eigenvalue weighted by Crippen LogP contribution is -1.86. The van der Waals surface area contributed by atoms with Crippen molar-refractivity contribution in [3.8, 4) is 0 Å². The first-order valence-corrected chi connectivity index (χ1v) is 9.56. The second-order valence-electron chi connectivity index (χ2n) is 6.33. The van der Waals surface area contributed by atoms with E-state index >= 15 is 0 Å². The van der Waals surface area contributed by atoms with E-state index in [9.17, 15) is 10.1 Å². The molecule has 0 aliphatic rings. The van der Waals surface area contributed by atoms with E-state index in [4.69, 9.17) is 23.2 Å². The number of halogens is 2. The normalized spacial score (nSPS) is 9.83. The number of nitrogens with one attached hydrogen (secondary N) is 1. The fourth-order valence-corrected chi connectivity index (χ4v) is 2.80. The van der Waals surface area contributed by atoms with Gasteiger partial charge < -0.3 is 4.98 Å². The number of nitro groups is 1. The third kappa shape index (κ3) is 7.22. The molecule has 0 radical (unpaired) electrons. The number of nitrogens with zero attached hydrogens (tertiary/aromatic N) is 2. The standard InChI is InChI=1S/C8H8N2.C7H6Cl2.C7H7NO2/c1-6-9-7-4-2-3-5-8(7)10-6;1-5-2-3-6(8)4-7(5)9;1-6-3-2-4-7(5-6)8(9)10/h2-5H,1H3,(H,9,10);2-4H,1H3;2-5H,1H3. The number of para-hydroxylation sites is 2. The number of nitro benzene ring substituents is 1. The number of aromatic amines is 1. The highest BCUT2D eigenvalue weighted by Gasteiger charge is 2.01. The molecular weight excluding hydrogens is 409 g/mol. The van der Waals surface area contributed by atoms with Gasteiger partial charge in [-0.25, -0.2) is 4.98 Å². The Labute approximate surface area is 179 Å². The molecule has 1 heterocycles. The monoisotopic (exact) mass is 429 g/mol. The summed E-state index contributed by atoms with van der Waals surface area (Å²) >= 11 is 11.4. The first kappa shape index (κ1) is 22.4. The summed E-state index contributed by atoms with van der Waals surface area (Å²) in [4.78, 5) is 17.2. The Kier molecular flexibility index (Phi) is 8.19. The summed E-state index contributed by atoms with van der Waals surface area (Å²) in [6, 6.07) is 20.0. The maximum Gasteiger partial charge on any atom is 0.269 e. The van der Waals surface area contributed by atoms with Gasteiger partial charge >= 0.3 is 0 Å². The van der Waals surface area contributed by atoms with Gasteiger partial charge in [0.1, 0.15) is 5.82 Å². The molecule has 5 nitrogen and oxygen atoms in total. The van der Waals surface area contributed by atoms with Crippen molar-refractivity contribution in [3.63, 3.8) is 0 Å². The van der Waals surface area contributed by atoms with Crippen LogP contribution in [0, 0.1) is 30.9 Å². The Morgan fingerprint density at radius 1 is 0.931 bits per heavy atom. The Hall–Kier alpha value is -2.89. The third-order valence-electron chi connectivity index (χ3n) is 3.85. The number of hydrogen-bond donors (Lipinski definition) is 1. The SMILES string of the molecule is Cc1ccc(Cl)cc1Cl.Cc1cccc([N+](=O)[O-])c1.Cc1nc2ccccc2[nH]1. The average Bonchev–Trinajstić information content (AvgIpc) is 3.06. The fourth-order valence-electron chi connectivity index (χ4n) is 2.39. The van der Waals surface area contributed by atoms with Crippen LogP contribution in [0.1, 0.15) is 17.0 Å². The van der Waals surface area contributed by atoms with Crippen LogP contribution >= 0.6 is 23.2 Å². The van der Waals surface area contributed by atoms with Crippen molar-refractivity contribution in [2.45, 2.75) is 20.8 Å². The van der Waals surface area contributed by atoms with Gasteiger partial charge in [0.05, 0.1) is 16.0 Å². The summed E-state index contributed by atoms with van der Waals surface area (Å²) in [7, 11) is 0. The minimum atomic E-state index is -0.396. The zero-order valence-corrected chi connectivity index (χ0v) is 17.8. The fraction of sp³-hybridized carbons (Fsp3) is 0.136. The molecule has 0 atom stereocenters. The van der Waals surface area contributed by atoms with Crippen LogP contribution in [0.5, 0.6) is 0 Å². The number of aryl methyl sites for hydroxylation is 3. The Balaban J connectivity index is 0.000000156. The first-order chi connectivity index (χ1) is 13.8. The second-order valence-corrected chi connectivity index (χ2v) is 7.17. The van der Waals surface area contributed by atoms with Crippen molar-refractivity contribution in [2.75, 3.05) is 0 Å². The van der Waals surface area contributed by atoms with Crippen LogP contribution in [0.15, 0.2) is 66.7 Å². The Morgan fingerprint density at radius 2 is 1.66 bits per heavy atom. The van der Waals surface area contributed by atoms with Gasteiger partial charge in [0.2, 0.25) is 0 Å². The molecule has 0 fully saturated rings. The predicted octanol–water partition coefficient (Wildman–Crippen LogP) is 7.08. The second kappa shape index (κ2) is 10.6. The van der Waals surface area contributed by atoms with Crippen LogP contribution in [0.4, 0.5) is 5.69 Å². The maximum absolute atomic E-state index is 10.2. The van der Waals surface area contributed by atoms with Crippen molar-refractivity contribution in [1.82, 2.24) is 9.97 Å². The molecule has 7 heteroatoms. The van der Waals surface area contributed by atoms with Crippen molar-refractivity contribution >= 4 is 39.9 Å². The van der Waals surface area contributed by atoms with Gasteiger partial charge in [-0.05, 0) is 56.2 Å². The van der Waals surface area contributed by atoms with Gasteiger partial charge in [0, 0.05) is 22.2 Å². The van der Waals surface area contributed by atoms with Gasteiger partial charge in [-0.3, -0.25) is 10.1 Å². The predicted molar refractivity (Wildman–Crippen MR) is 120 cm³/mol. The van der Waals surface area contributed by atoms with E-state index in [0.717, 1.165) is 33.0 Å². The number of rotatable bonds is 1. The van der Waals surface area contributed by atoms with Gasteiger partial charge in [0.25, 0.3) is 5.69 Å². The molecule has 150 valence electrons. The molecule has 0 saturated carbocycles. The van der Waals surface area contributed by atoms with Gasteiger partial charge in [0.15, 0.2) is 0 Å². The highest BCUT2D eigenvalue weighted by molar-refractivity contribution is 6.35. The molecule has 0 aliphatic heterocycles. The lowest BCUT2D eigenvalue weighted by molar-refractivity contribution is -0.384. The quantitative estimate of drug-likeness (QED) is 0.259. The molecule has 4 aromatic rings. The smallest absolute Gasteiger partial charge is 0.269 e. The van der Waals surface area contributed by atoms with Crippen molar-refractivity contribution in [2.24, 2.45) is 0 Å². The number of benzene rings is 3. The number of aromatic nitrogens is 2.